The molecule has 1 amide bonds. The van der Waals surface area contributed by atoms with Crippen molar-refractivity contribution in [2.24, 2.45) is 4.99 Å². The second kappa shape index (κ2) is 2.82. The number of hydrogen-bond acceptors (Lipinski definition) is 2. The van der Waals surface area contributed by atoms with Gasteiger partial charge >= 0.3 is 0 Å². The number of aliphatic imine (C=N–C) groups is 1. The number of fused-ring (bicyclic) bond motifs is 2. The Kier molecular flexibility index (Phi) is 1.64. The molecule has 3 nitrogen and oxygen atoms in total. The maximum absolute atomic E-state index is 11.8. The third-order valence-electron chi connectivity index (χ3n) is 3.44. The quantitative estimate of drug-likeness (QED) is 0.602. The molecule has 2 aliphatic heterocycles. The van der Waals surface area contributed by atoms with Crippen molar-refractivity contribution in [3.8, 4) is 0 Å². The zero-order chi connectivity index (χ0) is 11.3. The number of para-hydroxylation sites is 1. The fourth-order valence-corrected chi connectivity index (χ4v) is 2.54. The second-order valence-corrected chi connectivity index (χ2v) is 4.39. The Bertz CT molecular complexity index is 532. The van der Waals surface area contributed by atoms with E-state index in [1.54, 1.807) is 11.9 Å². The van der Waals surface area contributed by atoms with Gasteiger partial charge in [-0.25, -0.2) is 0 Å². The van der Waals surface area contributed by atoms with Gasteiger partial charge in [-0.3, -0.25) is 9.79 Å². The van der Waals surface area contributed by atoms with Gasteiger partial charge in [-0.15, -0.1) is 0 Å². The molecular formula is C13H12N2O. The molecule has 2 aliphatic rings. The molecule has 0 radical (unpaired) electrons. The van der Waals surface area contributed by atoms with Gasteiger partial charge in [0.05, 0.1) is 11.1 Å². The molecule has 1 spiro atoms. The average molecular weight is 212 g/mol. The molecule has 0 saturated carbocycles. The minimum absolute atomic E-state index is 0.0168. The molecule has 1 unspecified atom stereocenters. The van der Waals surface area contributed by atoms with Crippen LogP contribution in [0.5, 0.6) is 0 Å². The number of carbonyl (C=O) groups is 1. The maximum atomic E-state index is 11.8. The molecule has 3 heteroatoms. The Morgan fingerprint density at radius 3 is 2.88 bits per heavy atom. The van der Waals surface area contributed by atoms with Gasteiger partial charge in [-0.2, -0.15) is 0 Å². The third kappa shape index (κ3) is 0.927. The van der Waals surface area contributed by atoms with E-state index in [-0.39, 0.29) is 11.3 Å². The summed E-state index contributed by atoms with van der Waals surface area (Å²) in [7, 11) is 1.80. The van der Waals surface area contributed by atoms with Gasteiger partial charge in [0.15, 0.2) is 0 Å². The highest BCUT2D eigenvalue weighted by molar-refractivity contribution is 6.07. The van der Waals surface area contributed by atoms with Crippen molar-refractivity contribution in [3.05, 3.63) is 42.0 Å². The van der Waals surface area contributed by atoms with Crippen LogP contribution in [0.3, 0.4) is 0 Å². The summed E-state index contributed by atoms with van der Waals surface area (Å²) in [6.07, 6.45) is 1.86. The van der Waals surface area contributed by atoms with Gasteiger partial charge < -0.3 is 4.90 Å². The number of likely N-dealkylation sites (tertiary alicyclic amines) is 1. The Morgan fingerprint density at radius 1 is 1.44 bits per heavy atom. The molecule has 0 N–H and O–H groups in total. The molecule has 16 heavy (non-hydrogen) atoms. The van der Waals surface area contributed by atoms with Gasteiger partial charge in [0.25, 0.3) is 0 Å². The van der Waals surface area contributed by atoms with Gasteiger partial charge in [0.1, 0.15) is 0 Å². The first kappa shape index (κ1) is 9.33. The van der Waals surface area contributed by atoms with E-state index in [0.29, 0.717) is 12.1 Å². The van der Waals surface area contributed by atoms with E-state index in [1.807, 2.05) is 30.5 Å². The smallest absolute Gasteiger partial charge is 0.250 e. The van der Waals surface area contributed by atoms with Crippen LogP contribution in [0.15, 0.2) is 41.4 Å². The minimum atomic E-state index is -0.386. The third-order valence-corrected chi connectivity index (χ3v) is 3.44. The van der Waals surface area contributed by atoms with E-state index in [2.05, 4.69) is 11.6 Å². The molecule has 1 fully saturated rings. The predicted octanol–water partition coefficient (Wildman–Crippen LogP) is 1.67. The Hall–Kier alpha value is -1.90. The maximum Gasteiger partial charge on any atom is 0.250 e. The molecule has 0 aliphatic carbocycles. The first-order valence-electron chi connectivity index (χ1n) is 5.25. The van der Waals surface area contributed by atoms with Crippen molar-refractivity contribution in [1.82, 2.24) is 4.90 Å². The fraction of sp³-hybridized carbons (Fsp3) is 0.231. The molecule has 2 heterocycles. The van der Waals surface area contributed by atoms with E-state index in [1.165, 1.54) is 0 Å². The highest BCUT2D eigenvalue weighted by Crippen LogP contribution is 2.45. The van der Waals surface area contributed by atoms with Crippen LogP contribution in [-0.2, 0) is 10.2 Å². The molecule has 3 rings (SSSR count). The van der Waals surface area contributed by atoms with E-state index in [4.69, 9.17) is 0 Å². The van der Waals surface area contributed by atoms with Gasteiger partial charge in [-0.05, 0) is 11.6 Å². The van der Waals surface area contributed by atoms with Crippen LogP contribution in [0, 0.1) is 0 Å². The summed E-state index contributed by atoms with van der Waals surface area (Å²) in [5.74, 6) is 0.0168. The zero-order valence-corrected chi connectivity index (χ0v) is 9.10. The summed E-state index contributed by atoms with van der Waals surface area (Å²) in [6.45, 7) is 4.58. The van der Waals surface area contributed by atoms with Crippen molar-refractivity contribution < 1.29 is 4.79 Å². The highest BCUT2D eigenvalue weighted by atomic mass is 16.2. The van der Waals surface area contributed by atoms with Crippen LogP contribution in [0.25, 0.3) is 0 Å². The van der Waals surface area contributed by atoms with Crippen molar-refractivity contribution in [2.45, 2.75) is 5.41 Å². The number of benzene rings is 1. The molecule has 1 aromatic rings. The van der Waals surface area contributed by atoms with E-state index in [0.717, 1.165) is 11.3 Å². The summed E-state index contributed by atoms with van der Waals surface area (Å²) in [5, 5.41) is 0. The first-order chi connectivity index (χ1) is 7.65. The van der Waals surface area contributed by atoms with Crippen LogP contribution in [0.4, 0.5) is 5.69 Å². The van der Waals surface area contributed by atoms with Gasteiger partial charge in [0, 0.05) is 25.4 Å². The lowest BCUT2D eigenvalue weighted by Gasteiger charge is -2.21. The Morgan fingerprint density at radius 2 is 2.19 bits per heavy atom. The molecule has 1 aromatic carbocycles. The van der Waals surface area contributed by atoms with E-state index in [9.17, 15) is 4.79 Å². The lowest BCUT2D eigenvalue weighted by molar-refractivity contribution is -0.123. The minimum Gasteiger partial charge on any atom is -0.340 e. The summed E-state index contributed by atoms with van der Waals surface area (Å²) in [6, 6.07) is 7.93. The Balaban J connectivity index is 2.20. The van der Waals surface area contributed by atoms with Crippen molar-refractivity contribution in [1.29, 1.82) is 0 Å². The predicted molar refractivity (Wildman–Crippen MR) is 63.0 cm³/mol. The lowest BCUT2D eigenvalue weighted by Crippen LogP contribution is -2.30. The molecule has 0 aromatic heterocycles. The lowest BCUT2D eigenvalue weighted by atomic mass is 9.79. The van der Waals surface area contributed by atoms with Crippen LogP contribution < -0.4 is 0 Å². The van der Waals surface area contributed by atoms with Crippen molar-refractivity contribution in [2.75, 3.05) is 13.6 Å². The number of likely N-dealkylation sites (N-methyl/N-ethyl adjacent to an activating group) is 1. The topological polar surface area (TPSA) is 32.7 Å². The van der Waals surface area contributed by atoms with Crippen LogP contribution in [-0.4, -0.2) is 30.6 Å². The van der Waals surface area contributed by atoms with E-state index < -0.39 is 0 Å². The van der Waals surface area contributed by atoms with Crippen LogP contribution in [0.1, 0.15) is 5.56 Å². The van der Waals surface area contributed by atoms with Crippen molar-refractivity contribution in [3.63, 3.8) is 0 Å². The molecule has 80 valence electrons. The SMILES string of the molecule is C=C1C(=O)N(C)CC12C=Nc1ccccc12. The molecular weight excluding hydrogens is 200 g/mol. The number of rotatable bonds is 0. The first-order valence-corrected chi connectivity index (χ1v) is 5.25. The highest BCUT2D eigenvalue weighted by Gasteiger charge is 2.48. The zero-order valence-electron chi connectivity index (χ0n) is 9.10. The number of amides is 1. The van der Waals surface area contributed by atoms with E-state index >= 15 is 0 Å². The van der Waals surface area contributed by atoms with Crippen LogP contribution >= 0.6 is 0 Å². The molecule has 0 bridgehead atoms. The second-order valence-electron chi connectivity index (χ2n) is 4.39. The number of hydrogen-bond donors (Lipinski definition) is 0. The van der Waals surface area contributed by atoms with Gasteiger partial charge in [0.2, 0.25) is 5.91 Å². The summed E-state index contributed by atoms with van der Waals surface area (Å²) in [4.78, 5) is 17.9. The van der Waals surface area contributed by atoms with Crippen LogP contribution in [0.2, 0.25) is 0 Å². The standard InChI is InChI=1S/C13H12N2O/c1-9-12(16)15(2)8-13(9)7-14-11-6-4-3-5-10(11)13/h3-7H,1,8H2,2H3. The summed E-state index contributed by atoms with van der Waals surface area (Å²) in [5.41, 5.74) is 2.29. The summed E-state index contributed by atoms with van der Waals surface area (Å²) >= 11 is 0. The normalized spacial score (nSPS) is 26.9. The number of carbonyl (C=O) groups excluding carboxylic acids is 1. The largest absolute Gasteiger partial charge is 0.340 e. The molecule has 1 atom stereocenters. The Labute approximate surface area is 94.1 Å². The average Bonchev–Trinajstić information content (AvgIpc) is 2.77. The molecule has 1 saturated heterocycles. The van der Waals surface area contributed by atoms with Crippen molar-refractivity contribution >= 4 is 17.8 Å². The monoisotopic (exact) mass is 212 g/mol. The summed E-state index contributed by atoms with van der Waals surface area (Å²) < 4.78 is 0. The van der Waals surface area contributed by atoms with Gasteiger partial charge in [-0.1, -0.05) is 24.8 Å². The fourth-order valence-electron chi connectivity index (χ4n) is 2.54. The number of nitrogens with zero attached hydrogens (tertiary/aromatic N) is 2.